The van der Waals surface area contributed by atoms with Crippen LogP contribution in [0, 0.1) is 0 Å². The van der Waals surface area contributed by atoms with Crippen molar-refractivity contribution in [1.29, 1.82) is 0 Å². The Morgan fingerprint density at radius 1 is 1.45 bits per heavy atom. The van der Waals surface area contributed by atoms with Crippen LogP contribution in [0.5, 0.6) is 0 Å². The maximum Gasteiger partial charge on any atom is 0.130 e. The van der Waals surface area contributed by atoms with Crippen LogP contribution < -0.4 is 5.32 Å². The van der Waals surface area contributed by atoms with E-state index < -0.39 is 0 Å². The Bertz CT molecular complexity index is 85.8. The second-order valence-electron chi connectivity index (χ2n) is 2.02. The van der Waals surface area contributed by atoms with Crippen molar-refractivity contribution < 1.29 is 0 Å². The predicted octanol–water partition coefficient (Wildman–Crippen LogP) is 2.53. The van der Waals surface area contributed by atoms with Gasteiger partial charge in [-0.1, -0.05) is 32.5 Å². The summed E-state index contributed by atoms with van der Waals surface area (Å²) in [6.07, 6.45) is 2.28. The lowest BCUT2D eigenvalue weighted by Crippen LogP contribution is -2.17. The third kappa shape index (κ3) is 25.0. The number of hydrogen-bond acceptors (Lipinski definition) is 2. The van der Waals surface area contributed by atoms with Gasteiger partial charge in [0.2, 0.25) is 0 Å². The van der Waals surface area contributed by atoms with E-state index in [4.69, 9.17) is 0 Å². The molecule has 0 aliphatic rings. The molecule has 1 nitrogen and oxygen atoms in total. The first-order chi connectivity index (χ1) is 5.18. The number of rotatable bonds is 3. The second kappa shape index (κ2) is 13.2. The molecule has 0 unspecified atom stereocenters. The zero-order chi connectivity index (χ0) is 9.11. The molecular formula is C7H17NS3. The first kappa shape index (κ1) is 14.1. The highest BCUT2D eigenvalue weighted by molar-refractivity contribution is 8.11. The zero-order valence-corrected chi connectivity index (χ0v) is 9.74. The fourth-order valence-corrected chi connectivity index (χ4v) is 0.646. The summed E-state index contributed by atoms with van der Waals surface area (Å²) in [4.78, 5) is 0. The Morgan fingerprint density at radius 3 is 2.18 bits per heavy atom. The summed E-state index contributed by atoms with van der Waals surface area (Å²) in [5, 5.41) is 2.89. The van der Waals surface area contributed by atoms with Gasteiger partial charge < -0.3 is 5.32 Å². The monoisotopic (exact) mass is 211 g/mol. The van der Waals surface area contributed by atoms with E-state index in [0.29, 0.717) is 4.32 Å². The van der Waals surface area contributed by atoms with Crippen LogP contribution in [-0.4, -0.2) is 16.6 Å². The summed E-state index contributed by atoms with van der Waals surface area (Å²) in [6.45, 7) is 5.13. The highest BCUT2D eigenvalue weighted by Gasteiger charge is 1.83. The topological polar surface area (TPSA) is 12.0 Å². The molecule has 0 radical (unpaired) electrons. The number of thiol groups is 2. The van der Waals surface area contributed by atoms with Gasteiger partial charge in [-0.05, 0) is 12.2 Å². The summed E-state index contributed by atoms with van der Waals surface area (Å²) < 4.78 is 0.562. The van der Waals surface area contributed by atoms with E-state index in [1.165, 1.54) is 6.42 Å². The van der Waals surface area contributed by atoms with Crippen molar-refractivity contribution in [2.75, 3.05) is 12.3 Å². The molecule has 0 aromatic heterocycles. The van der Waals surface area contributed by atoms with Crippen LogP contribution in [0.2, 0.25) is 0 Å². The maximum absolute atomic E-state index is 4.64. The molecule has 0 amide bonds. The SMILES string of the molecule is CCC.S=C(S)NCCCS. The molecule has 0 saturated carbocycles. The van der Waals surface area contributed by atoms with Gasteiger partial charge in [0.1, 0.15) is 4.32 Å². The lowest BCUT2D eigenvalue weighted by atomic mass is 10.5. The third-order valence-corrected chi connectivity index (χ3v) is 1.23. The average molecular weight is 211 g/mol. The Morgan fingerprint density at radius 2 is 1.91 bits per heavy atom. The van der Waals surface area contributed by atoms with E-state index in [9.17, 15) is 0 Å². The van der Waals surface area contributed by atoms with Crippen molar-refractivity contribution in [2.45, 2.75) is 26.7 Å². The van der Waals surface area contributed by atoms with Crippen LogP contribution >= 0.6 is 37.5 Å². The normalized spacial score (nSPS) is 8.00. The minimum Gasteiger partial charge on any atom is -0.371 e. The zero-order valence-electron chi connectivity index (χ0n) is 7.13. The number of hydrogen-bond donors (Lipinski definition) is 3. The van der Waals surface area contributed by atoms with Gasteiger partial charge in [-0.25, -0.2) is 0 Å². The molecule has 1 N–H and O–H groups in total. The van der Waals surface area contributed by atoms with E-state index in [-0.39, 0.29) is 0 Å². The molecule has 0 fully saturated rings. The summed E-state index contributed by atoms with van der Waals surface area (Å²) >= 11 is 12.5. The molecular weight excluding hydrogens is 194 g/mol. The summed E-state index contributed by atoms with van der Waals surface area (Å²) in [5.74, 6) is 0.892. The van der Waals surface area contributed by atoms with Crippen molar-refractivity contribution in [3.05, 3.63) is 0 Å². The molecule has 0 heterocycles. The molecule has 0 aromatic carbocycles. The molecule has 0 bridgehead atoms. The largest absolute Gasteiger partial charge is 0.371 e. The molecule has 11 heavy (non-hydrogen) atoms. The van der Waals surface area contributed by atoms with Crippen LogP contribution in [0.4, 0.5) is 0 Å². The van der Waals surface area contributed by atoms with Crippen molar-refractivity contribution >= 4 is 41.8 Å². The minimum atomic E-state index is 0.562. The Hall–Kier alpha value is 0.590. The first-order valence-electron chi connectivity index (χ1n) is 3.76. The molecule has 0 aliphatic heterocycles. The third-order valence-electron chi connectivity index (χ3n) is 0.611. The molecule has 0 aromatic rings. The van der Waals surface area contributed by atoms with Gasteiger partial charge >= 0.3 is 0 Å². The lowest BCUT2D eigenvalue weighted by molar-refractivity contribution is 0.865. The van der Waals surface area contributed by atoms with Crippen LogP contribution in [-0.2, 0) is 0 Å². The molecule has 0 spiro atoms. The van der Waals surface area contributed by atoms with Gasteiger partial charge in [-0.3, -0.25) is 0 Å². The van der Waals surface area contributed by atoms with Crippen molar-refractivity contribution in [1.82, 2.24) is 5.32 Å². The van der Waals surface area contributed by atoms with Crippen molar-refractivity contribution in [2.24, 2.45) is 0 Å². The first-order valence-corrected chi connectivity index (χ1v) is 5.25. The van der Waals surface area contributed by atoms with E-state index in [0.717, 1.165) is 18.7 Å². The van der Waals surface area contributed by atoms with Crippen molar-refractivity contribution in [3.8, 4) is 0 Å². The molecule has 0 atom stereocenters. The molecule has 68 valence electrons. The minimum absolute atomic E-state index is 0.562. The van der Waals surface area contributed by atoms with Crippen LogP contribution in [0.3, 0.4) is 0 Å². The van der Waals surface area contributed by atoms with Gasteiger partial charge in [0.25, 0.3) is 0 Å². The van der Waals surface area contributed by atoms with Crippen molar-refractivity contribution in [3.63, 3.8) is 0 Å². The van der Waals surface area contributed by atoms with Crippen LogP contribution in [0.15, 0.2) is 0 Å². The fraction of sp³-hybridized carbons (Fsp3) is 0.857. The fourth-order valence-electron chi connectivity index (χ4n) is 0.274. The van der Waals surface area contributed by atoms with Gasteiger partial charge in [0.15, 0.2) is 0 Å². The number of thiocarbonyl (C=S) groups is 1. The smallest absolute Gasteiger partial charge is 0.130 e. The Labute approximate surface area is 86.2 Å². The van der Waals surface area contributed by atoms with Gasteiger partial charge in [0.05, 0.1) is 0 Å². The van der Waals surface area contributed by atoms with Gasteiger partial charge in [-0.2, -0.15) is 12.6 Å². The molecule has 0 saturated heterocycles. The quantitative estimate of drug-likeness (QED) is 0.377. The Kier molecular flexibility index (Phi) is 17.0. The van der Waals surface area contributed by atoms with E-state index in [1.807, 2.05) is 0 Å². The molecule has 0 aliphatic carbocycles. The standard InChI is InChI=1S/C4H9NS3.C3H8/c6-3-1-2-5-4(7)8;1-3-2/h6H,1-3H2,(H2,5,7,8);3H2,1-2H3. The summed E-state index contributed by atoms with van der Waals surface area (Å²) in [7, 11) is 0. The molecule has 0 rings (SSSR count). The Balaban J connectivity index is 0. The lowest BCUT2D eigenvalue weighted by Gasteiger charge is -1.98. The van der Waals surface area contributed by atoms with E-state index in [2.05, 4.69) is 56.6 Å². The highest BCUT2D eigenvalue weighted by Crippen LogP contribution is 1.82. The predicted molar refractivity (Wildman–Crippen MR) is 64.0 cm³/mol. The number of nitrogens with one attached hydrogen (secondary N) is 1. The maximum atomic E-state index is 4.64. The highest BCUT2D eigenvalue weighted by atomic mass is 32.1. The molecule has 4 heteroatoms. The van der Waals surface area contributed by atoms with E-state index >= 15 is 0 Å². The van der Waals surface area contributed by atoms with E-state index in [1.54, 1.807) is 0 Å². The summed E-state index contributed by atoms with van der Waals surface area (Å²) in [6, 6.07) is 0. The van der Waals surface area contributed by atoms with Gasteiger partial charge in [-0.15, -0.1) is 12.6 Å². The second-order valence-corrected chi connectivity index (χ2v) is 3.62. The summed E-state index contributed by atoms with van der Waals surface area (Å²) in [5.41, 5.74) is 0. The van der Waals surface area contributed by atoms with Gasteiger partial charge in [0, 0.05) is 6.54 Å². The average Bonchev–Trinajstić information content (AvgIpc) is 1.89. The van der Waals surface area contributed by atoms with Crippen LogP contribution in [0.25, 0.3) is 0 Å². The van der Waals surface area contributed by atoms with Crippen LogP contribution in [0.1, 0.15) is 26.7 Å².